The smallest absolute Gasteiger partial charge is 0.263 e. The molecule has 0 amide bonds. The first-order valence-electron chi connectivity index (χ1n) is 10.9. The van der Waals surface area contributed by atoms with Crippen LogP contribution in [0, 0.1) is 23.1 Å². The Balaban J connectivity index is 1.82. The Kier molecular flexibility index (Phi) is 6.71. The van der Waals surface area contributed by atoms with E-state index in [1.165, 1.54) is 16.7 Å². The van der Waals surface area contributed by atoms with Crippen LogP contribution in [0.4, 0.5) is 10.3 Å². The highest BCUT2D eigenvalue weighted by Gasteiger charge is 2.20. The van der Waals surface area contributed by atoms with Crippen LogP contribution in [0.1, 0.15) is 18.4 Å². The number of nitrogens with one attached hydrogen (secondary N) is 2. The number of benzene rings is 2. The third-order valence-electron chi connectivity index (χ3n) is 6.04. The maximum atomic E-state index is 14.5. The van der Waals surface area contributed by atoms with Gasteiger partial charge in [-0.1, -0.05) is 18.2 Å². The summed E-state index contributed by atoms with van der Waals surface area (Å²) in [6.07, 6.45) is 2.11. The summed E-state index contributed by atoms with van der Waals surface area (Å²) in [5.74, 6) is 0.924. The van der Waals surface area contributed by atoms with E-state index in [9.17, 15) is 9.18 Å². The zero-order chi connectivity index (χ0) is 23.4. The van der Waals surface area contributed by atoms with Crippen molar-refractivity contribution in [3.63, 3.8) is 0 Å². The van der Waals surface area contributed by atoms with Gasteiger partial charge in [-0.15, -0.1) is 0 Å². The summed E-state index contributed by atoms with van der Waals surface area (Å²) in [5, 5.41) is 15.8. The maximum absolute atomic E-state index is 14.5. The van der Waals surface area contributed by atoms with Gasteiger partial charge in [-0.3, -0.25) is 9.36 Å². The first-order chi connectivity index (χ1) is 16.0. The standard InChI is InChI=1S/C25H26FN5O2/c1-31-24(32)22(17-5-7-20(33-2)8-6-17)23(18-3-4-19(14-27)21(26)13-18)30-25(31)29-15-16-9-11-28-12-10-16/h3-8,13,16,28H,9-12,15H2,1-2H3,(H,29,30). The summed E-state index contributed by atoms with van der Waals surface area (Å²) in [6, 6.07) is 13.2. The second-order valence-electron chi connectivity index (χ2n) is 8.13. The Labute approximate surface area is 191 Å². The molecule has 0 atom stereocenters. The number of methoxy groups -OCH3 is 1. The lowest BCUT2D eigenvalue weighted by Gasteiger charge is -2.24. The molecule has 0 unspecified atom stereocenters. The molecule has 8 heteroatoms. The quantitative estimate of drug-likeness (QED) is 0.601. The molecular weight excluding hydrogens is 421 g/mol. The minimum Gasteiger partial charge on any atom is -0.497 e. The van der Waals surface area contributed by atoms with Crippen molar-refractivity contribution in [1.82, 2.24) is 14.9 Å². The minimum atomic E-state index is -0.651. The summed E-state index contributed by atoms with van der Waals surface area (Å²) in [6.45, 7) is 2.65. The predicted molar refractivity (Wildman–Crippen MR) is 126 cm³/mol. The average Bonchev–Trinajstić information content (AvgIpc) is 2.85. The number of ether oxygens (including phenoxy) is 1. The lowest BCUT2D eigenvalue weighted by atomic mass is 9.98. The molecular formula is C25H26FN5O2. The van der Waals surface area contributed by atoms with E-state index < -0.39 is 5.82 Å². The highest BCUT2D eigenvalue weighted by Crippen LogP contribution is 2.31. The molecule has 1 aliphatic rings. The van der Waals surface area contributed by atoms with Crippen molar-refractivity contribution in [2.24, 2.45) is 13.0 Å². The van der Waals surface area contributed by atoms with Gasteiger partial charge >= 0.3 is 0 Å². The Morgan fingerprint density at radius 3 is 2.55 bits per heavy atom. The van der Waals surface area contributed by atoms with E-state index in [4.69, 9.17) is 15.0 Å². The SMILES string of the molecule is COc1ccc(-c2c(-c3ccc(C#N)c(F)c3)nc(NCC3CCNCC3)n(C)c2=O)cc1. The van der Waals surface area contributed by atoms with Crippen LogP contribution in [0.3, 0.4) is 0 Å². The van der Waals surface area contributed by atoms with Gasteiger partial charge in [0.05, 0.1) is 23.9 Å². The molecule has 1 aromatic heterocycles. The van der Waals surface area contributed by atoms with Gasteiger partial charge in [-0.2, -0.15) is 5.26 Å². The fraction of sp³-hybridized carbons (Fsp3) is 0.320. The molecule has 0 saturated carbocycles. The number of nitrogens with zero attached hydrogens (tertiary/aromatic N) is 3. The average molecular weight is 448 g/mol. The maximum Gasteiger partial charge on any atom is 0.263 e. The largest absolute Gasteiger partial charge is 0.497 e. The summed E-state index contributed by atoms with van der Waals surface area (Å²) >= 11 is 0. The van der Waals surface area contributed by atoms with E-state index in [0.29, 0.717) is 46.5 Å². The number of aromatic nitrogens is 2. The lowest BCUT2D eigenvalue weighted by molar-refractivity contribution is 0.389. The van der Waals surface area contributed by atoms with Crippen LogP contribution >= 0.6 is 0 Å². The molecule has 1 fully saturated rings. The molecule has 0 aliphatic carbocycles. The van der Waals surface area contributed by atoms with Gasteiger partial charge in [0.25, 0.3) is 5.56 Å². The van der Waals surface area contributed by atoms with Gasteiger partial charge < -0.3 is 15.4 Å². The van der Waals surface area contributed by atoms with Crippen molar-refractivity contribution in [2.75, 3.05) is 32.1 Å². The number of anilines is 1. The normalized spacial score (nSPS) is 14.0. The van der Waals surface area contributed by atoms with E-state index in [-0.39, 0.29) is 11.1 Å². The predicted octanol–water partition coefficient (Wildman–Crippen LogP) is 3.55. The Morgan fingerprint density at radius 1 is 1.21 bits per heavy atom. The molecule has 0 spiro atoms. The van der Waals surface area contributed by atoms with Gasteiger partial charge in [0, 0.05) is 19.2 Å². The molecule has 1 aliphatic heterocycles. The summed E-state index contributed by atoms with van der Waals surface area (Å²) in [7, 11) is 3.25. The fourth-order valence-electron chi connectivity index (χ4n) is 4.06. The first kappa shape index (κ1) is 22.5. The molecule has 2 heterocycles. The van der Waals surface area contributed by atoms with Gasteiger partial charge in [0.2, 0.25) is 5.95 Å². The van der Waals surface area contributed by atoms with Crippen molar-refractivity contribution in [2.45, 2.75) is 12.8 Å². The number of halogens is 1. The van der Waals surface area contributed by atoms with E-state index in [2.05, 4.69) is 10.6 Å². The Bertz CT molecular complexity index is 1240. The van der Waals surface area contributed by atoms with Gasteiger partial charge in [-0.25, -0.2) is 9.37 Å². The van der Waals surface area contributed by atoms with E-state index >= 15 is 0 Å². The summed E-state index contributed by atoms with van der Waals surface area (Å²) < 4.78 is 21.2. The zero-order valence-corrected chi connectivity index (χ0v) is 18.7. The third-order valence-corrected chi connectivity index (χ3v) is 6.04. The summed E-state index contributed by atoms with van der Waals surface area (Å²) in [5.41, 5.74) is 1.49. The highest BCUT2D eigenvalue weighted by atomic mass is 19.1. The molecule has 0 bridgehead atoms. The molecule has 1 saturated heterocycles. The first-order valence-corrected chi connectivity index (χ1v) is 10.9. The van der Waals surface area contributed by atoms with Crippen LogP contribution in [0.2, 0.25) is 0 Å². The minimum absolute atomic E-state index is 0.0576. The molecule has 7 nitrogen and oxygen atoms in total. The van der Waals surface area contributed by atoms with Crippen LogP contribution in [0.5, 0.6) is 5.75 Å². The molecule has 4 rings (SSSR count). The molecule has 2 aromatic carbocycles. The number of hydrogen-bond donors (Lipinski definition) is 2. The van der Waals surface area contributed by atoms with Crippen molar-refractivity contribution in [3.8, 4) is 34.2 Å². The van der Waals surface area contributed by atoms with Crippen LogP contribution in [-0.4, -0.2) is 36.3 Å². The van der Waals surface area contributed by atoms with Crippen molar-refractivity contribution in [3.05, 3.63) is 64.2 Å². The lowest BCUT2D eigenvalue weighted by Crippen LogP contribution is -2.32. The second-order valence-corrected chi connectivity index (χ2v) is 8.13. The molecule has 33 heavy (non-hydrogen) atoms. The van der Waals surface area contributed by atoms with E-state index in [1.54, 1.807) is 44.5 Å². The highest BCUT2D eigenvalue weighted by molar-refractivity contribution is 5.81. The van der Waals surface area contributed by atoms with Crippen LogP contribution in [0.25, 0.3) is 22.4 Å². The Morgan fingerprint density at radius 2 is 1.91 bits per heavy atom. The van der Waals surface area contributed by atoms with Crippen molar-refractivity contribution < 1.29 is 9.13 Å². The number of piperidine rings is 1. The van der Waals surface area contributed by atoms with E-state index in [0.717, 1.165) is 25.9 Å². The van der Waals surface area contributed by atoms with Crippen LogP contribution in [0.15, 0.2) is 47.3 Å². The fourth-order valence-corrected chi connectivity index (χ4v) is 4.06. The summed E-state index contributed by atoms with van der Waals surface area (Å²) in [4.78, 5) is 18.3. The topological polar surface area (TPSA) is 92.0 Å². The number of nitriles is 1. The van der Waals surface area contributed by atoms with Gasteiger partial charge in [0.15, 0.2) is 0 Å². The van der Waals surface area contributed by atoms with Gasteiger partial charge in [-0.05, 0) is 61.7 Å². The van der Waals surface area contributed by atoms with Gasteiger partial charge in [0.1, 0.15) is 17.6 Å². The molecule has 0 radical (unpaired) electrons. The van der Waals surface area contributed by atoms with Crippen molar-refractivity contribution in [1.29, 1.82) is 5.26 Å². The number of rotatable bonds is 6. The van der Waals surface area contributed by atoms with Crippen LogP contribution < -0.4 is 20.9 Å². The second kappa shape index (κ2) is 9.84. The van der Waals surface area contributed by atoms with E-state index in [1.807, 2.05) is 6.07 Å². The molecule has 3 aromatic rings. The Hall–Kier alpha value is -3.70. The van der Waals surface area contributed by atoms with Crippen LogP contribution in [-0.2, 0) is 7.05 Å². The molecule has 2 N–H and O–H groups in total. The van der Waals surface area contributed by atoms with Crippen molar-refractivity contribution >= 4 is 5.95 Å². The monoisotopic (exact) mass is 447 g/mol. The number of hydrogen-bond acceptors (Lipinski definition) is 6. The third kappa shape index (κ3) is 4.73. The zero-order valence-electron chi connectivity index (χ0n) is 18.7. The molecule has 170 valence electrons.